The van der Waals surface area contributed by atoms with Gasteiger partial charge in [0.05, 0.1) is 6.07 Å². The normalized spacial score (nSPS) is 10.5. The maximum absolute atomic E-state index is 11.7. The number of carbonyl (C=O) groups is 1. The van der Waals surface area contributed by atoms with Crippen molar-refractivity contribution in [3.63, 3.8) is 0 Å². The number of nitriles is 1. The first-order valence-electron chi connectivity index (χ1n) is 4.30. The molecule has 1 aromatic heterocycles. The van der Waals surface area contributed by atoms with Crippen LogP contribution in [0, 0.1) is 11.3 Å². The summed E-state index contributed by atoms with van der Waals surface area (Å²) in [6, 6.07) is 5.43. The van der Waals surface area contributed by atoms with Gasteiger partial charge in [0.2, 0.25) is 0 Å². The van der Waals surface area contributed by atoms with Crippen LogP contribution in [0.5, 0.6) is 0 Å². The lowest BCUT2D eigenvalue weighted by Crippen LogP contribution is -2.42. The number of nitrogens with zero attached hydrogens (tertiary/aromatic N) is 2. The molecule has 0 radical (unpaired) electrons. The Morgan fingerprint density at radius 3 is 2.87 bits per heavy atom. The molecule has 0 aromatic carbocycles. The second-order valence-corrected chi connectivity index (χ2v) is 4.38. The highest BCUT2D eigenvalue weighted by atomic mass is 79.9. The fourth-order valence-electron chi connectivity index (χ4n) is 0.924. The maximum Gasteiger partial charge on any atom is 0.272 e. The van der Waals surface area contributed by atoms with E-state index in [-0.39, 0.29) is 11.6 Å². The maximum atomic E-state index is 11.7. The van der Waals surface area contributed by atoms with E-state index in [2.05, 4.69) is 26.2 Å². The quantitative estimate of drug-likeness (QED) is 0.890. The van der Waals surface area contributed by atoms with Crippen LogP contribution in [-0.4, -0.2) is 16.4 Å². The first-order valence-corrected chi connectivity index (χ1v) is 5.10. The van der Waals surface area contributed by atoms with Crippen LogP contribution in [0.25, 0.3) is 0 Å². The van der Waals surface area contributed by atoms with E-state index in [9.17, 15) is 4.79 Å². The number of amides is 1. The molecule has 0 bridgehead atoms. The minimum Gasteiger partial charge on any atom is -0.333 e. The highest BCUT2D eigenvalue weighted by Gasteiger charge is 2.21. The van der Waals surface area contributed by atoms with Crippen LogP contribution in [0.4, 0.5) is 0 Å². The minimum atomic E-state index is -0.895. The summed E-state index contributed by atoms with van der Waals surface area (Å²) in [5.41, 5.74) is -0.616. The molecule has 0 aliphatic rings. The molecule has 1 heterocycles. The van der Waals surface area contributed by atoms with Gasteiger partial charge in [0.15, 0.2) is 0 Å². The number of aromatic nitrogens is 1. The van der Waals surface area contributed by atoms with Crippen molar-refractivity contribution >= 4 is 21.8 Å². The van der Waals surface area contributed by atoms with Crippen LogP contribution in [0.2, 0.25) is 0 Å². The zero-order chi connectivity index (χ0) is 11.5. The molecule has 0 saturated carbocycles. The topological polar surface area (TPSA) is 65.8 Å². The van der Waals surface area contributed by atoms with E-state index in [1.807, 2.05) is 6.07 Å². The van der Waals surface area contributed by atoms with Gasteiger partial charge in [-0.2, -0.15) is 5.26 Å². The third kappa shape index (κ3) is 3.03. The van der Waals surface area contributed by atoms with Gasteiger partial charge in [-0.15, -0.1) is 0 Å². The highest BCUT2D eigenvalue weighted by molar-refractivity contribution is 9.10. The Hall–Kier alpha value is -1.41. The lowest BCUT2D eigenvalue weighted by molar-refractivity contribution is 0.0923. The fraction of sp³-hybridized carbons (Fsp3) is 0.300. The van der Waals surface area contributed by atoms with Crippen molar-refractivity contribution in [1.29, 1.82) is 5.26 Å². The number of hydrogen-bond acceptors (Lipinski definition) is 3. The number of nitrogens with one attached hydrogen (secondary N) is 1. The van der Waals surface area contributed by atoms with E-state index >= 15 is 0 Å². The van der Waals surface area contributed by atoms with E-state index in [0.717, 1.165) is 0 Å². The van der Waals surface area contributed by atoms with E-state index in [4.69, 9.17) is 5.26 Å². The van der Waals surface area contributed by atoms with Crippen LogP contribution in [0.3, 0.4) is 0 Å². The average molecular weight is 268 g/mol. The Kier molecular flexibility index (Phi) is 3.43. The Morgan fingerprint density at radius 2 is 2.33 bits per heavy atom. The van der Waals surface area contributed by atoms with Crippen molar-refractivity contribution in [2.24, 2.45) is 0 Å². The molecule has 0 aliphatic carbocycles. The van der Waals surface area contributed by atoms with E-state index < -0.39 is 5.54 Å². The molecule has 5 heteroatoms. The summed E-state index contributed by atoms with van der Waals surface area (Å²) in [5, 5.41) is 11.3. The van der Waals surface area contributed by atoms with Crippen LogP contribution >= 0.6 is 15.9 Å². The number of hydrogen-bond donors (Lipinski definition) is 1. The van der Waals surface area contributed by atoms with Crippen LogP contribution < -0.4 is 5.32 Å². The Bertz CT molecular complexity index is 423. The van der Waals surface area contributed by atoms with Crippen molar-refractivity contribution in [3.05, 3.63) is 28.5 Å². The molecular weight excluding hydrogens is 258 g/mol. The SMILES string of the molecule is CC(C)(C#N)NC(=O)c1ncccc1Br. The van der Waals surface area contributed by atoms with E-state index in [1.54, 1.807) is 26.0 Å². The zero-order valence-electron chi connectivity index (χ0n) is 8.41. The van der Waals surface area contributed by atoms with Crippen molar-refractivity contribution in [2.75, 3.05) is 0 Å². The van der Waals surface area contributed by atoms with Crippen LogP contribution in [-0.2, 0) is 0 Å². The second kappa shape index (κ2) is 4.41. The van der Waals surface area contributed by atoms with Crippen molar-refractivity contribution in [2.45, 2.75) is 19.4 Å². The van der Waals surface area contributed by atoms with Gasteiger partial charge in [-0.1, -0.05) is 0 Å². The lowest BCUT2D eigenvalue weighted by atomic mass is 10.1. The summed E-state index contributed by atoms with van der Waals surface area (Å²) >= 11 is 3.22. The van der Waals surface area contributed by atoms with Gasteiger partial charge in [0, 0.05) is 10.7 Å². The second-order valence-electron chi connectivity index (χ2n) is 3.52. The molecule has 1 aromatic rings. The molecular formula is C10H10BrN3O. The van der Waals surface area contributed by atoms with Crippen LogP contribution in [0.1, 0.15) is 24.3 Å². The monoisotopic (exact) mass is 267 g/mol. The molecule has 1 amide bonds. The summed E-state index contributed by atoms with van der Waals surface area (Å²) in [6.45, 7) is 3.25. The molecule has 0 spiro atoms. The predicted molar refractivity (Wildman–Crippen MR) is 59.1 cm³/mol. The van der Waals surface area contributed by atoms with Gasteiger partial charge in [0.1, 0.15) is 11.2 Å². The molecule has 4 nitrogen and oxygen atoms in total. The Labute approximate surface area is 96.4 Å². The molecule has 0 aliphatic heterocycles. The van der Waals surface area contributed by atoms with Crippen molar-refractivity contribution < 1.29 is 4.79 Å². The molecule has 0 fully saturated rings. The first-order chi connectivity index (χ1) is 6.96. The molecule has 0 atom stereocenters. The summed E-state index contributed by atoms with van der Waals surface area (Å²) < 4.78 is 0.608. The van der Waals surface area contributed by atoms with Gasteiger partial charge in [-0.25, -0.2) is 4.98 Å². The largest absolute Gasteiger partial charge is 0.333 e. The molecule has 0 unspecified atom stereocenters. The van der Waals surface area contributed by atoms with Gasteiger partial charge in [-0.3, -0.25) is 4.79 Å². The smallest absolute Gasteiger partial charge is 0.272 e. The molecule has 78 valence electrons. The van der Waals surface area contributed by atoms with E-state index in [0.29, 0.717) is 4.47 Å². The molecule has 1 N–H and O–H groups in total. The van der Waals surface area contributed by atoms with Gasteiger partial charge in [0.25, 0.3) is 5.91 Å². The first kappa shape index (κ1) is 11.7. The highest BCUT2D eigenvalue weighted by Crippen LogP contribution is 2.14. The molecule has 0 saturated heterocycles. The van der Waals surface area contributed by atoms with Crippen molar-refractivity contribution in [1.82, 2.24) is 10.3 Å². The summed E-state index contributed by atoms with van der Waals surface area (Å²) in [5.74, 6) is -0.367. The predicted octanol–water partition coefficient (Wildman–Crippen LogP) is 1.88. The zero-order valence-corrected chi connectivity index (χ0v) is 10.00. The number of carbonyl (C=O) groups excluding carboxylic acids is 1. The summed E-state index contributed by atoms with van der Waals surface area (Å²) in [7, 11) is 0. The van der Waals surface area contributed by atoms with Crippen molar-refractivity contribution in [3.8, 4) is 6.07 Å². The van der Waals surface area contributed by atoms with Gasteiger partial charge >= 0.3 is 0 Å². The third-order valence-electron chi connectivity index (χ3n) is 1.68. The summed E-state index contributed by atoms with van der Waals surface area (Å²) in [6.07, 6.45) is 1.53. The summed E-state index contributed by atoms with van der Waals surface area (Å²) in [4.78, 5) is 15.6. The Balaban J connectivity index is 2.89. The molecule has 15 heavy (non-hydrogen) atoms. The van der Waals surface area contributed by atoms with Crippen LogP contribution in [0.15, 0.2) is 22.8 Å². The fourth-order valence-corrected chi connectivity index (χ4v) is 1.36. The Morgan fingerprint density at radius 1 is 1.67 bits per heavy atom. The minimum absolute atomic E-state index is 0.279. The average Bonchev–Trinajstić information content (AvgIpc) is 2.17. The lowest BCUT2D eigenvalue weighted by Gasteiger charge is -2.17. The van der Waals surface area contributed by atoms with E-state index in [1.165, 1.54) is 6.20 Å². The van der Waals surface area contributed by atoms with Gasteiger partial charge in [-0.05, 0) is 41.9 Å². The van der Waals surface area contributed by atoms with Gasteiger partial charge < -0.3 is 5.32 Å². The number of rotatable bonds is 2. The number of halogens is 1. The standard InChI is InChI=1S/C10H10BrN3O/c1-10(2,6-12)14-9(15)8-7(11)4-3-5-13-8/h3-5H,1-2H3,(H,14,15). The third-order valence-corrected chi connectivity index (χ3v) is 2.32. The molecule has 1 rings (SSSR count). The number of pyridine rings is 1.